The highest BCUT2D eigenvalue weighted by molar-refractivity contribution is 5.38. The molecule has 0 amide bonds. The number of benzene rings is 2. The Morgan fingerprint density at radius 2 is 1.31 bits per heavy atom. The Hall–Kier alpha value is -2.24. The second-order valence-corrected chi connectivity index (χ2v) is 6.89. The third-order valence-corrected chi connectivity index (χ3v) is 5.16. The number of hydrogen-bond donors (Lipinski definition) is 2. The Labute approximate surface area is 156 Å². The van der Waals surface area contributed by atoms with E-state index < -0.39 is 0 Å². The molecule has 1 heterocycles. The molecule has 1 aliphatic rings. The van der Waals surface area contributed by atoms with Gasteiger partial charge in [-0.15, -0.1) is 0 Å². The molecular formula is C21H30N2O3+2. The van der Waals surface area contributed by atoms with Crippen LogP contribution in [0.25, 0.3) is 0 Å². The quantitative estimate of drug-likeness (QED) is 0.742. The summed E-state index contributed by atoms with van der Waals surface area (Å²) in [6.07, 6.45) is 0. The van der Waals surface area contributed by atoms with E-state index in [9.17, 15) is 0 Å². The molecule has 2 N–H and O–H groups in total. The zero-order valence-electron chi connectivity index (χ0n) is 16.0. The van der Waals surface area contributed by atoms with Crippen LogP contribution in [0, 0.1) is 0 Å². The molecule has 5 heteroatoms. The predicted molar refractivity (Wildman–Crippen MR) is 101 cm³/mol. The summed E-state index contributed by atoms with van der Waals surface area (Å²) in [5, 5.41) is 0. The van der Waals surface area contributed by atoms with Gasteiger partial charge in [0.15, 0.2) is 0 Å². The number of quaternary nitrogens is 2. The summed E-state index contributed by atoms with van der Waals surface area (Å²) >= 11 is 0. The normalized spacial score (nSPS) is 19.8. The second kappa shape index (κ2) is 8.92. The van der Waals surface area contributed by atoms with Crippen molar-refractivity contribution >= 4 is 0 Å². The predicted octanol–water partition coefficient (Wildman–Crippen LogP) is 0.196. The number of methoxy groups -OCH3 is 3. The van der Waals surface area contributed by atoms with Crippen LogP contribution in [0.3, 0.4) is 0 Å². The van der Waals surface area contributed by atoms with Gasteiger partial charge in [-0.3, -0.25) is 0 Å². The Morgan fingerprint density at radius 3 is 1.88 bits per heavy atom. The van der Waals surface area contributed by atoms with Gasteiger partial charge in [0.1, 0.15) is 56.5 Å². The smallest absolute Gasteiger partial charge is 0.127 e. The first-order valence-electron chi connectivity index (χ1n) is 9.22. The van der Waals surface area contributed by atoms with Gasteiger partial charge in [-0.05, 0) is 24.3 Å². The molecule has 26 heavy (non-hydrogen) atoms. The van der Waals surface area contributed by atoms with Gasteiger partial charge in [-0.1, -0.05) is 12.1 Å². The van der Waals surface area contributed by atoms with E-state index in [1.54, 1.807) is 31.1 Å². The number of piperazine rings is 1. The van der Waals surface area contributed by atoms with Crippen LogP contribution in [0.5, 0.6) is 17.2 Å². The van der Waals surface area contributed by atoms with E-state index in [0.717, 1.165) is 30.3 Å². The van der Waals surface area contributed by atoms with Crippen molar-refractivity contribution in [2.45, 2.75) is 13.1 Å². The number of ether oxygens (including phenoxy) is 3. The van der Waals surface area contributed by atoms with Crippen LogP contribution in [0.4, 0.5) is 0 Å². The lowest BCUT2D eigenvalue weighted by Crippen LogP contribution is -3.27. The summed E-state index contributed by atoms with van der Waals surface area (Å²) < 4.78 is 16.3. The minimum atomic E-state index is 0.860. The zero-order chi connectivity index (χ0) is 18.4. The molecule has 1 saturated heterocycles. The van der Waals surface area contributed by atoms with Crippen molar-refractivity contribution in [3.05, 3.63) is 53.6 Å². The minimum Gasteiger partial charge on any atom is -0.497 e. The van der Waals surface area contributed by atoms with E-state index in [1.165, 1.54) is 37.3 Å². The van der Waals surface area contributed by atoms with Gasteiger partial charge in [-0.2, -0.15) is 0 Å². The van der Waals surface area contributed by atoms with Crippen molar-refractivity contribution in [1.29, 1.82) is 0 Å². The van der Waals surface area contributed by atoms with Gasteiger partial charge >= 0.3 is 0 Å². The van der Waals surface area contributed by atoms with Crippen LogP contribution in [-0.4, -0.2) is 47.5 Å². The van der Waals surface area contributed by atoms with Gasteiger partial charge in [0.25, 0.3) is 0 Å². The fourth-order valence-corrected chi connectivity index (χ4v) is 3.69. The Bertz CT molecular complexity index is 690. The average Bonchev–Trinajstić information content (AvgIpc) is 2.69. The maximum absolute atomic E-state index is 5.49. The molecule has 0 aliphatic carbocycles. The number of rotatable bonds is 7. The molecule has 0 atom stereocenters. The molecule has 0 unspecified atom stereocenters. The van der Waals surface area contributed by atoms with Crippen molar-refractivity contribution in [1.82, 2.24) is 0 Å². The molecule has 0 bridgehead atoms. The van der Waals surface area contributed by atoms with Gasteiger partial charge in [0.2, 0.25) is 0 Å². The van der Waals surface area contributed by atoms with E-state index in [1.807, 2.05) is 18.2 Å². The fraction of sp³-hybridized carbons (Fsp3) is 0.429. The Balaban J connectivity index is 1.55. The first kappa shape index (κ1) is 18.5. The lowest BCUT2D eigenvalue weighted by atomic mass is 10.1. The number of para-hydroxylation sites is 1. The van der Waals surface area contributed by atoms with Crippen molar-refractivity contribution < 1.29 is 24.0 Å². The number of hydrogen-bond acceptors (Lipinski definition) is 3. The SMILES string of the molecule is COc1cc(C[NH+]2CC[NH+](Cc3ccccc3OC)CC2)cc(OC)c1. The first-order valence-corrected chi connectivity index (χ1v) is 9.22. The molecule has 5 nitrogen and oxygen atoms in total. The van der Waals surface area contributed by atoms with Gasteiger partial charge < -0.3 is 24.0 Å². The molecule has 140 valence electrons. The third kappa shape index (κ3) is 4.68. The summed E-state index contributed by atoms with van der Waals surface area (Å²) in [5.41, 5.74) is 2.57. The number of nitrogens with one attached hydrogen (secondary N) is 2. The summed E-state index contributed by atoms with van der Waals surface area (Å²) in [6.45, 7) is 6.73. The van der Waals surface area contributed by atoms with Gasteiger partial charge in [0.05, 0.1) is 21.3 Å². The van der Waals surface area contributed by atoms with Crippen molar-refractivity contribution in [3.63, 3.8) is 0 Å². The van der Waals surface area contributed by atoms with Crippen LogP contribution in [0.2, 0.25) is 0 Å². The lowest BCUT2D eigenvalue weighted by molar-refractivity contribution is -1.02. The fourth-order valence-electron chi connectivity index (χ4n) is 3.69. The third-order valence-electron chi connectivity index (χ3n) is 5.16. The maximum Gasteiger partial charge on any atom is 0.127 e. The second-order valence-electron chi connectivity index (χ2n) is 6.89. The molecular weight excluding hydrogens is 328 g/mol. The van der Waals surface area contributed by atoms with Crippen LogP contribution in [0.15, 0.2) is 42.5 Å². The summed E-state index contributed by atoms with van der Waals surface area (Å²) in [7, 11) is 5.15. The van der Waals surface area contributed by atoms with Gasteiger partial charge in [0, 0.05) is 17.2 Å². The molecule has 0 radical (unpaired) electrons. The lowest BCUT2D eigenvalue weighted by Gasteiger charge is -2.30. The summed E-state index contributed by atoms with van der Waals surface area (Å²) in [5.74, 6) is 2.72. The zero-order valence-corrected chi connectivity index (χ0v) is 16.0. The average molecular weight is 358 g/mol. The highest BCUT2D eigenvalue weighted by Crippen LogP contribution is 2.22. The Kier molecular flexibility index (Phi) is 6.36. The summed E-state index contributed by atoms with van der Waals surface area (Å²) in [4.78, 5) is 3.24. The van der Waals surface area contributed by atoms with Crippen molar-refractivity contribution in [3.8, 4) is 17.2 Å². The van der Waals surface area contributed by atoms with Crippen LogP contribution in [0.1, 0.15) is 11.1 Å². The minimum absolute atomic E-state index is 0.860. The van der Waals surface area contributed by atoms with Gasteiger partial charge in [-0.25, -0.2) is 0 Å². The van der Waals surface area contributed by atoms with Crippen molar-refractivity contribution in [2.24, 2.45) is 0 Å². The van der Waals surface area contributed by atoms with E-state index in [-0.39, 0.29) is 0 Å². The molecule has 0 saturated carbocycles. The van der Waals surface area contributed by atoms with E-state index in [0.29, 0.717) is 0 Å². The molecule has 0 aromatic heterocycles. The molecule has 2 aromatic carbocycles. The van der Waals surface area contributed by atoms with Crippen LogP contribution in [-0.2, 0) is 13.1 Å². The topological polar surface area (TPSA) is 36.6 Å². The van der Waals surface area contributed by atoms with E-state index >= 15 is 0 Å². The largest absolute Gasteiger partial charge is 0.497 e. The van der Waals surface area contributed by atoms with E-state index in [4.69, 9.17) is 14.2 Å². The monoisotopic (exact) mass is 358 g/mol. The Morgan fingerprint density at radius 1 is 0.731 bits per heavy atom. The molecule has 0 spiro atoms. The standard InChI is InChI=1S/C21H28N2O3/c1-24-19-12-17(13-20(14-19)25-2)15-22-8-10-23(11-9-22)16-18-6-4-5-7-21(18)26-3/h4-7,12-14H,8-11,15-16H2,1-3H3/p+2. The highest BCUT2D eigenvalue weighted by atomic mass is 16.5. The highest BCUT2D eigenvalue weighted by Gasteiger charge is 2.24. The molecule has 1 aliphatic heterocycles. The van der Waals surface area contributed by atoms with Crippen molar-refractivity contribution in [2.75, 3.05) is 47.5 Å². The van der Waals surface area contributed by atoms with E-state index in [2.05, 4.69) is 24.3 Å². The van der Waals surface area contributed by atoms with Crippen LogP contribution >= 0.6 is 0 Å². The first-order chi connectivity index (χ1) is 12.7. The summed E-state index contributed by atoms with van der Waals surface area (Å²) in [6, 6.07) is 14.5. The maximum atomic E-state index is 5.49. The molecule has 1 fully saturated rings. The molecule has 2 aromatic rings. The molecule has 3 rings (SSSR count). The van der Waals surface area contributed by atoms with Crippen LogP contribution < -0.4 is 24.0 Å².